The number of halogens is 1. The molecular weight excluding hydrogens is 463 g/mol. The number of benzene rings is 2. The van der Waals surface area contributed by atoms with E-state index >= 15 is 0 Å². The molecule has 0 N–H and O–H groups in total. The zero-order chi connectivity index (χ0) is 25.0. The molecule has 0 radical (unpaired) electrons. The smallest absolute Gasteiger partial charge is 0.257 e. The molecule has 8 rings (SSSR count). The fraction of sp³-hybridized carbons (Fsp3) is 0.484. The SMILES string of the molecule is O=C(c1cn(-c2ccccc2)nc1C12CC3CC(CC(C3)C1)C2)N1CCN(Cc2ccc(F)cc2)CC1. The van der Waals surface area contributed by atoms with E-state index < -0.39 is 0 Å². The summed E-state index contributed by atoms with van der Waals surface area (Å²) in [4.78, 5) is 18.5. The van der Waals surface area contributed by atoms with Gasteiger partial charge in [-0.3, -0.25) is 9.69 Å². The highest BCUT2D eigenvalue weighted by Crippen LogP contribution is 2.61. The van der Waals surface area contributed by atoms with Gasteiger partial charge in [-0.2, -0.15) is 5.10 Å². The lowest BCUT2D eigenvalue weighted by Gasteiger charge is -2.56. The molecule has 5 fully saturated rings. The third-order valence-electron chi connectivity index (χ3n) is 9.48. The molecule has 0 atom stereocenters. The van der Waals surface area contributed by atoms with E-state index in [1.54, 1.807) is 0 Å². The zero-order valence-electron chi connectivity index (χ0n) is 21.4. The van der Waals surface area contributed by atoms with Crippen LogP contribution in [0.25, 0.3) is 5.69 Å². The fourth-order valence-corrected chi connectivity index (χ4v) is 8.16. The molecule has 5 nitrogen and oxygen atoms in total. The molecule has 6 heteroatoms. The number of carbonyl (C=O) groups is 1. The highest BCUT2D eigenvalue weighted by Gasteiger charge is 2.54. The van der Waals surface area contributed by atoms with E-state index in [4.69, 9.17) is 5.10 Å². The molecule has 37 heavy (non-hydrogen) atoms. The molecule has 1 aliphatic heterocycles. The highest BCUT2D eigenvalue weighted by atomic mass is 19.1. The number of para-hydroxylation sites is 1. The number of aromatic nitrogens is 2. The first-order valence-electron chi connectivity index (χ1n) is 14.0. The van der Waals surface area contributed by atoms with Crippen LogP contribution in [0.1, 0.15) is 60.1 Å². The Labute approximate surface area is 218 Å². The van der Waals surface area contributed by atoms with Crippen LogP contribution in [-0.4, -0.2) is 51.7 Å². The van der Waals surface area contributed by atoms with Crippen LogP contribution in [0.4, 0.5) is 4.39 Å². The van der Waals surface area contributed by atoms with Gasteiger partial charge >= 0.3 is 0 Å². The second kappa shape index (κ2) is 9.09. The summed E-state index contributed by atoms with van der Waals surface area (Å²) in [5.74, 6) is 2.32. The normalized spacial score (nSPS) is 29.1. The average Bonchev–Trinajstić information content (AvgIpc) is 3.37. The average molecular weight is 499 g/mol. The van der Waals surface area contributed by atoms with Gasteiger partial charge in [-0.15, -0.1) is 0 Å². The van der Waals surface area contributed by atoms with Gasteiger partial charge in [-0.1, -0.05) is 30.3 Å². The lowest BCUT2D eigenvalue weighted by molar-refractivity contribution is -0.00793. The van der Waals surface area contributed by atoms with E-state index in [-0.39, 0.29) is 17.1 Å². The minimum atomic E-state index is -0.204. The number of amides is 1. The van der Waals surface area contributed by atoms with Crippen molar-refractivity contribution < 1.29 is 9.18 Å². The second-order valence-electron chi connectivity index (χ2n) is 12.1. The van der Waals surface area contributed by atoms with Crippen LogP contribution >= 0.6 is 0 Å². The molecule has 5 aliphatic rings. The Kier molecular flexibility index (Phi) is 5.69. The molecule has 1 saturated heterocycles. The molecule has 192 valence electrons. The first kappa shape index (κ1) is 23.2. The van der Waals surface area contributed by atoms with Gasteiger partial charge in [0.25, 0.3) is 5.91 Å². The molecule has 1 aromatic heterocycles. The lowest BCUT2D eigenvalue weighted by Crippen LogP contribution is -2.51. The summed E-state index contributed by atoms with van der Waals surface area (Å²) < 4.78 is 15.2. The largest absolute Gasteiger partial charge is 0.336 e. The van der Waals surface area contributed by atoms with Crippen LogP contribution in [0, 0.1) is 23.6 Å². The molecule has 0 unspecified atom stereocenters. The van der Waals surface area contributed by atoms with Crippen LogP contribution in [-0.2, 0) is 12.0 Å². The Morgan fingerprint density at radius 1 is 0.865 bits per heavy atom. The topological polar surface area (TPSA) is 41.4 Å². The molecular formula is C31H35FN4O. The van der Waals surface area contributed by atoms with Crippen molar-refractivity contribution in [3.05, 3.63) is 83.4 Å². The van der Waals surface area contributed by atoms with Crippen molar-refractivity contribution in [1.29, 1.82) is 0 Å². The Morgan fingerprint density at radius 3 is 2.11 bits per heavy atom. The number of piperazine rings is 1. The summed E-state index contributed by atoms with van der Waals surface area (Å²) in [6.07, 6.45) is 9.70. The summed E-state index contributed by atoms with van der Waals surface area (Å²) in [6.45, 7) is 3.84. The Balaban J connectivity index is 1.15. The standard InChI is InChI=1S/C31H35FN4O/c32-26-8-6-22(7-9-26)20-34-10-12-35(13-11-34)30(37)28-21-36(27-4-2-1-3-5-27)33-29(28)31-17-23-14-24(18-31)16-25(15-23)19-31/h1-9,21,23-25H,10-20H2. The zero-order valence-corrected chi connectivity index (χ0v) is 21.4. The van der Waals surface area contributed by atoms with Crippen LogP contribution < -0.4 is 0 Å². The minimum Gasteiger partial charge on any atom is -0.336 e. The minimum absolute atomic E-state index is 0.0597. The summed E-state index contributed by atoms with van der Waals surface area (Å²) >= 11 is 0. The summed E-state index contributed by atoms with van der Waals surface area (Å²) in [5, 5.41) is 5.19. The lowest BCUT2D eigenvalue weighted by atomic mass is 9.48. The third kappa shape index (κ3) is 4.29. The van der Waals surface area contributed by atoms with Gasteiger partial charge in [-0.25, -0.2) is 9.07 Å². The highest BCUT2D eigenvalue weighted by molar-refractivity contribution is 5.95. The Bertz CT molecular complexity index is 1240. The van der Waals surface area contributed by atoms with Crippen LogP contribution in [0.3, 0.4) is 0 Å². The van der Waals surface area contributed by atoms with E-state index in [2.05, 4.69) is 17.0 Å². The summed E-state index contributed by atoms with van der Waals surface area (Å²) in [5.41, 5.74) is 4.06. The van der Waals surface area contributed by atoms with Gasteiger partial charge in [0.2, 0.25) is 0 Å². The van der Waals surface area contributed by atoms with Gasteiger partial charge in [0.05, 0.1) is 16.9 Å². The predicted molar refractivity (Wildman–Crippen MR) is 141 cm³/mol. The quantitative estimate of drug-likeness (QED) is 0.471. The van der Waals surface area contributed by atoms with Gasteiger partial charge in [0.1, 0.15) is 5.82 Å². The summed E-state index contributed by atoms with van der Waals surface area (Å²) in [6, 6.07) is 17.0. The molecule has 2 aromatic carbocycles. The number of hydrogen-bond donors (Lipinski definition) is 0. The van der Waals surface area contributed by atoms with Gasteiger partial charge < -0.3 is 4.90 Å². The number of rotatable bonds is 5. The van der Waals surface area contributed by atoms with Crippen LogP contribution in [0.2, 0.25) is 0 Å². The molecule has 0 spiro atoms. The van der Waals surface area contributed by atoms with Gasteiger partial charge in [0.15, 0.2) is 0 Å². The maximum absolute atomic E-state index is 14.1. The summed E-state index contributed by atoms with van der Waals surface area (Å²) in [7, 11) is 0. The first-order chi connectivity index (χ1) is 18.0. The molecule has 4 bridgehead atoms. The molecule has 1 amide bonds. The fourth-order valence-electron chi connectivity index (χ4n) is 8.16. The van der Waals surface area contributed by atoms with E-state index in [0.717, 1.165) is 59.9 Å². The van der Waals surface area contributed by atoms with Crippen molar-refractivity contribution in [1.82, 2.24) is 19.6 Å². The monoisotopic (exact) mass is 498 g/mol. The van der Waals surface area contributed by atoms with Crippen molar-refractivity contribution in [3.8, 4) is 5.69 Å². The number of hydrogen-bond acceptors (Lipinski definition) is 3. The van der Waals surface area contributed by atoms with Gasteiger partial charge in [-0.05, 0) is 86.1 Å². The van der Waals surface area contributed by atoms with E-state index in [9.17, 15) is 9.18 Å². The maximum Gasteiger partial charge on any atom is 0.257 e. The molecule has 4 aliphatic carbocycles. The predicted octanol–water partition coefficient (Wildman–Crippen LogP) is 5.44. The number of carbonyl (C=O) groups excluding carboxylic acids is 1. The Hall–Kier alpha value is -2.99. The van der Waals surface area contributed by atoms with E-state index in [0.29, 0.717) is 13.1 Å². The molecule has 3 aromatic rings. The molecule has 2 heterocycles. The van der Waals surface area contributed by atoms with E-state index in [1.165, 1.54) is 50.7 Å². The van der Waals surface area contributed by atoms with Crippen molar-refractivity contribution in [2.75, 3.05) is 26.2 Å². The van der Waals surface area contributed by atoms with E-state index in [1.807, 2.05) is 46.1 Å². The van der Waals surface area contributed by atoms with Crippen LogP contribution in [0.15, 0.2) is 60.8 Å². The van der Waals surface area contributed by atoms with Gasteiger partial charge in [0, 0.05) is 44.3 Å². The second-order valence-corrected chi connectivity index (χ2v) is 12.1. The number of nitrogens with zero attached hydrogens (tertiary/aromatic N) is 4. The van der Waals surface area contributed by atoms with Crippen molar-refractivity contribution in [3.63, 3.8) is 0 Å². The van der Waals surface area contributed by atoms with Crippen molar-refractivity contribution >= 4 is 5.91 Å². The Morgan fingerprint density at radius 2 is 1.49 bits per heavy atom. The maximum atomic E-state index is 14.1. The van der Waals surface area contributed by atoms with Crippen LogP contribution in [0.5, 0.6) is 0 Å². The van der Waals surface area contributed by atoms with Crippen molar-refractivity contribution in [2.24, 2.45) is 17.8 Å². The first-order valence-corrected chi connectivity index (χ1v) is 14.0. The molecule has 4 saturated carbocycles. The third-order valence-corrected chi connectivity index (χ3v) is 9.48. The van der Waals surface area contributed by atoms with Crippen molar-refractivity contribution in [2.45, 2.75) is 50.5 Å².